The highest BCUT2D eigenvalue weighted by molar-refractivity contribution is 7.80. The monoisotopic (exact) mass is 1210 g/mol. The Hall–Kier alpha value is -1.89. The maximum Gasteiger partial charge on any atom is 0.186 e. The van der Waals surface area contributed by atoms with E-state index in [1.54, 1.807) is 0 Å². The van der Waals surface area contributed by atoms with Crippen molar-refractivity contribution in [1.29, 1.82) is 0 Å². The summed E-state index contributed by atoms with van der Waals surface area (Å²) in [5.74, 6) is -1.17. The number of thiocarbonyl (C=S) groups is 3. The number of ether oxygens (including phenoxy) is 9. The molecule has 0 aromatic heterocycles. The summed E-state index contributed by atoms with van der Waals surface area (Å²) >= 11 is 16.8. The summed E-state index contributed by atoms with van der Waals surface area (Å²) in [6, 6.07) is 0. The van der Waals surface area contributed by atoms with Gasteiger partial charge in [0.15, 0.2) is 46.7 Å². The molecule has 18 unspecified atom stereocenters. The van der Waals surface area contributed by atoms with Crippen LogP contribution in [0, 0.1) is 11.8 Å². The summed E-state index contributed by atoms with van der Waals surface area (Å²) in [4.78, 5) is 2.02. The normalized spacial score (nSPS) is 42.7. The molecule has 0 aromatic carbocycles. The third-order valence-electron chi connectivity index (χ3n) is 15.6. The van der Waals surface area contributed by atoms with Gasteiger partial charge in [0, 0.05) is 77.4 Å². The van der Waals surface area contributed by atoms with Crippen molar-refractivity contribution in [3.8, 4) is 0 Å². The van der Waals surface area contributed by atoms with Crippen LogP contribution in [0.1, 0.15) is 38.5 Å². The molecule has 462 valence electrons. The zero-order valence-electron chi connectivity index (χ0n) is 44.0. The molecule has 0 spiro atoms. The first-order valence-electron chi connectivity index (χ1n) is 27.3. The lowest BCUT2D eigenvalue weighted by atomic mass is 9.84. The summed E-state index contributed by atoms with van der Waals surface area (Å²) in [5, 5.41) is 168. The molecule has 0 aromatic rings. The van der Waals surface area contributed by atoms with E-state index in [4.69, 9.17) is 79.3 Å². The van der Waals surface area contributed by atoms with Crippen molar-refractivity contribution in [2.45, 2.75) is 180 Å². The van der Waals surface area contributed by atoms with Crippen molar-refractivity contribution in [1.82, 2.24) is 36.8 Å². The molecule has 8 bridgehead atoms. The van der Waals surface area contributed by atoms with Gasteiger partial charge in [-0.1, -0.05) is 12.8 Å². The number of hydrogen-bond acceptors (Lipinski definition) is 27. The SMILES string of the molecule is OCC1O[C@H]2OCCCCC3C(CNC(=S)NCCN(CCNC(=S)NCC4O[C@H]5OC6C(CO)O[C@@H](OCCCCC4C(O)C5O)C(O)C6O)CCNC(=S)N[C@@H]4OC(CO)[C@H](O)[C@H](O)C4O)O[C@@H](OC1C(O)C2O)C(O)C3O. The van der Waals surface area contributed by atoms with Crippen LogP contribution in [0.3, 0.4) is 0 Å². The van der Waals surface area contributed by atoms with E-state index in [9.17, 15) is 71.5 Å². The predicted molar refractivity (Wildman–Crippen MR) is 284 cm³/mol. The van der Waals surface area contributed by atoms with Gasteiger partial charge in [-0.2, -0.15) is 0 Å². The van der Waals surface area contributed by atoms with Crippen LogP contribution in [0.15, 0.2) is 0 Å². The van der Waals surface area contributed by atoms with Crippen molar-refractivity contribution < 1.29 is 114 Å². The minimum Gasteiger partial charge on any atom is -0.394 e. The van der Waals surface area contributed by atoms with Crippen molar-refractivity contribution >= 4 is 52.0 Å². The molecule has 13 aliphatic heterocycles. The van der Waals surface area contributed by atoms with Gasteiger partial charge in [0.1, 0.15) is 85.5 Å². The Morgan fingerprint density at radius 2 is 0.787 bits per heavy atom. The van der Waals surface area contributed by atoms with Gasteiger partial charge >= 0.3 is 0 Å². The summed E-state index contributed by atoms with van der Waals surface area (Å²) in [6.07, 6.45) is -28.3. The molecule has 13 rings (SSSR count). The lowest BCUT2D eigenvalue weighted by molar-refractivity contribution is -0.355. The van der Waals surface area contributed by atoms with Crippen molar-refractivity contribution in [2.24, 2.45) is 11.8 Å². The van der Waals surface area contributed by atoms with Crippen molar-refractivity contribution in [3.05, 3.63) is 0 Å². The standard InChI is InChI=1S/C47H83N7O23S3/c55-17-24-29(60)30(61)33(64)40(71-24)53-47(80)50-9-12-54(10-7-48-45(78)51-15-22-20-5-1-3-13-69-41-36(67)31(62)38(25(18-56)74-41)76-43(72-22)34(65)27(20)58)11-8-49-46(79)52-16-23-21-6-2-4-14-70-42-37(68)32(63)39(26(19-57)75-42)77-44(73-23)35(66)28(21)59/h20-44,55-68H,1-19H2,(H2,48,51,78)(H2,49,52,79)(H2,50,53,80)/t20?,21?,22?,23?,24?,25?,26?,27?,28?,29-,30-,31?,32?,33?,34?,35?,36?,37?,38?,39?,40+,41+,42+,43-,44-/m0/s1. The molecule has 0 saturated carbocycles. The molecular formula is C47H83N7O23S3. The van der Waals surface area contributed by atoms with Gasteiger partial charge in [-0.15, -0.1) is 0 Å². The lowest BCUT2D eigenvalue weighted by Crippen LogP contribution is -2.64. The second kappa shape index (κ2) is 31.5. The van der Waals surface area contributed by atoms with Crippen LogP contribution in [-0.4, -0.2) is 318 Å². The second-order valence-corrected chi connectivity index (χ2v) is 22.2. The van der Waals surface area contributed by atoms with Gasteiger partial charge in [0.05, 0.1) is 44.2 Å². The molecule has 25 atom stereocenters. The van der Waals surface area contributed by atoms with Gasteiger partial charge in [-0.25, -0.2) is 0 Å². The van der Waals surface area contributed by atoms with E-state index in [2.05, 4.69) is 31.9 Å². The topological polar surface area (TPSA) is 442 Å². The quantitative estimate of drug-likeness (QED) is 0.0601. The van der Waals surface area contributed by atoms with E-state index in [-0.39, 0.29) is 48.2 Å². The number of nitrogens with one attached hydrogen (secondary N) is 6. The molecule has 13 fully saturated rings. The summed E-state index contributed by atoms with van der Waals surface area (Å²) in [7, 11) is 0. The number of aliphatic hydroxyl groups is 14. The Morgan fingerprint density at radius 3 is 1.21 bits per heavy atom. The summed E-state index contributed by atoms with van der Waals surface area (Å²) in [6.45, 7) is 0.487. The molecule has 13 heterocycles. The largest absolute Gasteiger partial charge is 0.394 e. The zero-order chi connectivity index (χ0) is 57.8. The van der Waals surface area contributed by atoms with Crippen LogP contribution in [0.5, 0.6) is 0 Å². The Morgan fingerprint density at radius 1 is 0.388 bits per heavy atom. The molecule has 20 N–H and O–H groups in total. The van der Waals surface area contributed by atoms with Gasteiger partial charge in [0.25, 0.3) is 0 Å². The van der Waals surface area contributed by atoms with Gasteiger partial charge in [-0.05, 0) is 62.3 Å². The number of aliphatic hydroxyl groups excluding tert-OH is 14. The average Bonchev–Trinajstić information content (AvgIpc) is 3.48. The van der Waals surface area contributed by atoms with Gasteiger partial charge in [-0.3, -0.25) is 4.90 Å². The van der Waals surface area contributed by atoms with Crippen LogP contribution in [0.4, 0.5) is 0 Å². The first-order valence-corrected chi connectivity index (χ1v) is 28.5. The van der Waals surface area contributed by atoms with E-state index < -0.39 is 173 Å². The molecule has 30 nitrogen and oxygen atoms in total. The van der Waals surface area contributed by atoms with Crippen LogP contribution >= 0.6 is 36.7 Å². The highest BCUT2D eigenvalue weighted by atomic mass is 32.1. The van der Waals surface area contributed by atoms with Crippen LogP contribution < -0.4 is 31.9 Å². The highest BCUT2D eigenvalue weighted by Crippen LogP contribution is 2.36. The average molecular weight is 1210 g/mol. The first-order chi connectivity index (χ1) is 38.3. The Labute approximate surface area is 478 Å². The third kappa shape index (κ3) is 16.7. The molecule has 13 saturated heterocycles. The number of hydrogen-bond donors (Lipinski definition) is 20. The van der Waals surface area contributed by atoms with Gasteiger partial charge in [0.2, 0.25) is 0 Å². The molecule has 0 radical (unpaired) electrons. The van der Waals surface area contributed by atoms with E-state index >= 15 is 0 Å². The van der Waals surface area contributed by atoms with E-state index in [0.29, 0.717) is 71.2 Å². The third-order valence-corrected chi connectivity index (χ3v) is 16.4. The molecule has 33 heteroatoms. The Kier molecular flexibility index (Phi) is 25.8. The molecule has 0 amide bonds. The minimum absolute atomic E-state index is 0.0433. The molecular weight excluding hydrogens is 1130 g/mol. The maximum atomic E-state index is 11.4. The van der Waals surface area contributed by atoms with E-state index in [1.165, 1.54) is 0 Å². The van der Waals surface area contributed by atoms with Gasteiger partial charge < -0.3 is 146 Å². The number of rotatable bonds is 17. The fourth-order valence-electron chi connectivity index (χ4n) is 10.9. The van der Waals surface area contributed by atoms with Crippen LogP contribution in [-0.2, 0) is 42.6 Å². The fourth-order valence-corrected chi connectivity index (χ4v) is 11.5. The van der Waals surface area contributed by atoms with Crippen LogP contribution in [0.2, 0.25) is 0 Å². The Balaban J connectivity index is 0.938. The van der Waals surface area contributed by atoms with E-state index in [1.807, 2.05) is 4.90 Å². The molecule has 0 aliphatic carbocycles. The zero-order valence-corrected chi connectivity index (χ0v) is 46.4. The molecule has 13 aliphatic rings. The highest BCUT2D eigenvalue weighted by Gasteiger charge is 2.53. The first kappa shape index (κ1) is 65.6. The smallest absolute Gasteiger partial charge is 0.186 e. The van der Waals surface area contributed by atoms with Crippen molar-refractivity contribution in [3.63, 3.8) is 0 Å². The lowest BCUT2D eigenvalue weighted by Gasteiger charge is -2.47. The Bertz CT molecular complexity index is 1820. The summed E-state index contributed by atoms with van der Waals surface area (Å²) < 4.78 is 52.6. The second-order valence-electron chi connectivity index (χ2n) is 21.0. The number of nitrogens with zero attached hydrogens (tertiary/aromatic N) is 1. The maximum absolute atomic E-state index is 11.4. The molecule has 80 heavy (non-hydrogen) atoms. The minimum atomic E-state index is -1.62. The predicted octanol–water partition coefficient (Wildman–Crippen LogP) is -9.34. The van der Waals surface area contributed by atoms with E-state index in [0.717, 1.165) is 0 Å². The van der Waals surface area contributed by atoms with Crippen LogP contribution in [0.25, 0.3) is 0 Å². The fraction of sp³-hybridized carbons (Fsp3) is 0.936. The summed E-state index contributed by atoms with van der Waals surface area (Å²) in [5.41, 5.74) is 0. The van der Waals surface area contributed by atoms with Crippen molar-refractivity contribution in [2.75, 3.05) is 85.4 Å².